The van der Waals surface area contributed by atoms with E-state index in [4.69, 9.17) is 0 Å². The van der Waals surface area contributed by atoms with Crippen LogP contribution in [0.5, 0.6) is 0 Å². The lowest BCUT2D eigenvalue weighted by molar-refractivity contribution is 0.0955. The van der Waals surface area contributed by atoms with Gasteiger partial charge in [-0.1, -0.05) is 7.43 Å². The van der Waals surface area contributed by atoms with Crippen LogP contribution in [0.25, 0.3) is 0 Å². The molecule has 0 aliphatic rings. The maximum atomic E-state index is 11.5. The first kappa shape index (κ1) is 14.6. The lowest BCUT2D eigenvalue weighted by Gasteiger charge is -2.20. The van der Waals surface area contributed by atoms with Crippen molar-refractivity contribution in [3.05, 3.63) is 18.0 Å². The van der Waals surface area contributed by atoms with Gasteiger partial charge in [0.15, 0.2) is 0 Å². The summed E-state index contributed by atoms with van der Waals surface area (Å²) in [7, 11) is 3.49. The summed E-state index contributed by atoms with van der Waals surface area (Å²) >= 11 is 0. The first-order valence-electron chi connectivity index (χ1n) is 5.00. The van der Waals surface area contributed by atoms with Gasteiger partial charge in [0.25, 0.3) is 5.91 Å². The van der Waals surface area contributed by atoms with Crippen molar-refractivity contribution in [3.63, 3.8) is 0 Å². The van der Waals surface area contributed by atoms with Crippen molar-refractivity contribution in [1.82, 2.24) is 9.88 Å². The van der Waals surface area contributed by atoms with E-state index in [0.29, 0.717) is 5.69 Å². The molecule has 0 unspecified atom stereocenters. The smallest absolute Gasteiger partial charge is 0.267 e. The van der Waals surface area contributed by atoms with Gasteiger partial charge in [-0.05, 0) is 26.8 Å². The highest BCUT2D eigenvalue weighted by Crippen LogP contribution is 2.17. The minimum atomic E-state index is -0.0699. The predicted molar refractivity (Wildman–Crippen MR) is 68.9 cm³/mol. The largest absolute Gasteiger partial charge is 0.379 e. The average molecular weight is 225 g/mol. The van der Waals surface area contributed by atoms with E-state index >= 15 is 0 Å². The van der Waals surface area contributed by atoms with Gasteiger partial charge in [0.1, 0.15) is 5.69 Å². The monoisotopic (exact) mass is 225 g/mol. The van der Waals surface area contributed by atoms with Gasteiger partial charge >= 0.3 is 0 Å². The molecule has 0 atom stereocenters. The maximum Gasteiger partial charge on any atom is 0.267 e. The van der Waals surface area contributed by atoms with Crippen LogP contribution in [0.4, 0.5) is 5.69 Å². The Morgan fingerprint density at radius 2 is 1.94 bits per heavy atom. The number of aromatic nitrogens is 1. The molecule has 1 rings (SSSR count). The van der Waals surface area contributed by atoms with E-state index in [9.17, 15) is 4.79 Å². The van der Waals surface area contributed by atoms with Crippen molar-refractivity contribution in [2.45, 2.75) is 33.7 Å². The summed E-state index contributed by atoms with van der Waals surface area (Å²) in [5.74, 6) is -0.0699. The molecule has 16 heavy (non-hydrogen) atoms. The molecule has 4 nitrogen and oxygen atoms in total. The molecule has 1 heterocycles. The van der Waals surface area contributed by atoms with Crippen LogP contribution < -0.4 is 10.6 Å². The van der Waals surface area contributed by atoms with E-state index in [1.807, 2.05) is 23.9 Å². The number of aryl methyl sites for hydroxylation is 1. The number of carbonyl (C=O) groups is 1. The Balaban J connectivity index is 0.00000225. The van der Waals surface area contributed by atoms with Crippen LogP contribution >= 0.6 is 0 Å². The molecule has 92 valence electrons. The van der Waals surface area contributed by atoms with E-state index in [-0.39, 0.29) is 18.9 Å². The fourth-order valence-electron chi connectivity index (χ4n) is 1.42. The standard InChI is InChI=1S/C11H19N3O.CH4/c1-11(2,3)13-8-6-9(10(15)12-4)14(5)7-8;/h6-7,13H,1-5H3,(H,12,15);1H4. The van der Waals surface area contributed by atoms with Gasteiger partial charge in [0.05, 0.1) is 5.69 Å². The van der Waals surface area contributed by atoms with Crippen molar-refractivity contribution in [2.24, 2.45) is 7.05 Å². The summed E-state index contributed by atoms with van der Waals surface area (Å²) in [5, 5.41) is 5.93. The van der Waals surface area contributed by atoms with Gasteiger partial charge in [-0.25, -0.2) is 0 Å². The Kier molecular flexibility index (Phi) is 4.60. The molecule has 1 amide bonds. The molecule has 0 aliphatic heterocycles. The van der Waals surface area contributed by atoms with Gasteiger partial charge in [0, 0.05) is 25.8 Å². The fourth-order valence-corrected chi connectivity index (χ4v) is 1.42. The van der Waals surface area contributed by atoms with E-state index < -0.39 is 0 Å². The number of nitrogens with one attached hydrogen (secondary N) is 2. The van der Waals surface area contributed by atoms with E-state index in [0.717, 1.165) is 5.69 Å². The second kappa shape index (κ2) is 5.05. The Labute approximate surface area is 98.0 Å². The highest BCUT2D eigenvalue weighted by Gasteiger charge is 2.14. The van der Waals surface area contributed by atoms with E-state index in [2.05, 4.69) is 31.4 Å². The number of carbonyl (C=O) groups excluding carboxylic acids is 1. The predicted octanol–water partition coefficient (Wildman–Crippen LogP) is 2.23. The fraction of sp³-hybridized carbons (Fsp3) is 0.583. The number of hydrogen-bond donors (Lipinski definition) is 2. The van der Waals surface area contributed by atoms with Crippen LogP contribution in [-0.4, -0.2) is 23.1 Å². The topological polar surface area (TPSA) is 46.1 Å². The lowest BCUT2D eigenvalue weighted by atomic mass is 10.1. The molecule has 0 saturated heterocycles. The molecular weight excluding hydrogens is 202 g/mol. The van der Waals surface area contributed by atoms with Crippen molar-refractivity contribution in [1.29, 1.82) is 0 Å². The second-order valence-corrected chi connectivity index (χ2v) is 4.68. The number of rotatable bonds is 2. The van der Waals surface area contributed by atoms with E-state index in [1.54, 1.807) is 7.05 Å². The van der Waals surface area contributed by atoms with Crippen LogP contribution in [0.2, 0.25) is 0 Å². The van der Waals surface area contributed by atoms with Gasteiger partial charge in [-0.15, -0.1) is 0 Å². The third-order valence-electron chi connectivity index (χ3n) is 1.98. The third kappa shape index (κ3) is 3.61. The molecule has 0 fully saturated rings. The van der Waals surface area contributed by atoms with Gasteiger partial charge in [0.2, 0.25) is 0 Å². The molecule has 0 radical (unpaired) electrons. The van der Waals surface area contributed by atoms with Gasteiger partial charge in [-0.2, -0.15) is 0 Å². The quantitative estimate of drug-likeness (QED) is 0.810. The first-order valence-corrected chi connectivity index (χ1v) is 5.00. The van der Waals surface area contributed by atoms with Crippen LogP contribution in [0.1, 0.15) is 38.7 Å². The molecule has 0 spiro atoms. The summed E-state index contributed by atoms with van der Waals surface area (Å²) in [6.45, 7) is 6.25. The maximum absolute atomic E-state index is 11.5. The van der Waals surface area contributed by atoms with Crippen LogP contribution in [0.15, 0.2) is 12.3 Å². The van der Waals surface area contributed by atoms with E-state index in [1.165, 1.54) is 0 Å². The number of hydrogen-bond acceptors (Lipinski definition) is 2. The Bertz CT molecular complexity index is 361. The molecule has 0 saturated carbocycles. The zero-order valence-electron chi connectivity index (χ0n) is 10.0. The molecule has 0 aliphatic carbocycles. The van der Waals surface area contributed by atoms with Crippen LogP contribution in [0.3, 0.4) is 0 Å². The van der Waals surface area contributed by atoms with Crippen molar-refractivity contribution in [2.75, 3.05) is 12.4 Å². The zero-order chi connectivity index (χ0) is 11.6. The molecule has 1 aromatic heterocycles. The van der Waals surface area contributed by atoms with Crippen molar-refractivity contribution < 1.29 is 4.79 Å². The highest BCUT2D eigenvalue weighted by molar-refractivity contribution is 5.93. The Morgan fingerprint density at radius 1 is 1.38 bits per heavy atom. The molecule has 4 heteroatoms. The normalized spacial score (nSPS) is 10.6. The third-order valence-corrected chi connectivity index (χ3v) is 1.98. The minimum Gasteiger partial charge on any atom is -0.379 e. The molecule has 0 aromatic carbocycles. The number of nitrogens with zero attached hydrogens (tertiary/aromatic N) is 1. The minimum absolute atomic E-state index is 0. The SMILES string of the molecule is C.CNC(=O)c1cc(NC(C)(C)C)cn1C. The lowest BCUT2D eigenvalue weighted by Crippen LogP contribution is -2.25. The molecule has 1 aromatic rings. The summed E-state index contributed by atoms with van der Waals surface area (Å²) < 4.78 is 1.81. The molecule has 0 bridgehead atoms. The average Bonchev–Trinajstić information content (AvgIpc) is 2.42. The number of anilines is 1. The Morgan fingerprint density at radius 3 is 2.38 bits per heavy atom. The summed E-state index contributed by atoms with van der Waals surface area (Å²) in [6, 6.07) is 1.85. The zero-order valence-corrected chi connectivity index (χ0v) is 10.0. The van der Waals surface area contributed by atoms with Crippen LogP contribution in [0, 0.1) is 0 Å². The summed E-state index contributed by atoms with van der Waals surface area (Å²) in [6.07, 6.45) is 1.91. The molecule has 2 N–H and O–H groups in total. The number of amides is 1. The van der Waals surface area contributed by atoms with Gasteiger partial charge in [-0.3, -0.25) is 4.79 Å². The summed E-state index contributed by atoms with van der Waals surface area (Å²) in [5.41, 5.74) is 1.62. The summed E-state index contributed by atoms with van der Waals surface area (Å²) in [4.78, 5) is 11.5. The first-order chi connectivity index (χ1) is 6.83. The second-order valence-electron chi connectivity index (χ2n) is 4.68. The van der Waals surface area contributed by atoms with Gasteiger partial charge < -0.3 is 15.2 Å². The van der Waals surface area contributed by atoms with Crippen molar-refractivity contribution in [3.8, 4) is 0 Å². The van der Waals surface area contributed by atoms with Crippen molar-refractivity contribution >= 4 is 11.6 Å². The highest BCUT2D eigenvalue weighted by atomic mass is 16.1. The molecular formula is C12H23N3O. The van der Waals surface area contributed by atoms with Crippen LogP contribution in [-0.2, 0) is 7.05 Å². The Hall–Kier alpha value is -1.45.